The summed E-state index contributed by atoms with van der Waals surface area (Å²) >= 11 is 0. The van der Waals surface area contributed by atoms with Gasteiger partial charge in [-0.25, -0.2) is 0 Å². The molecule has 1 saturated carbocycles. The molecule has 0 unspecified atom stereocenters. The average Bonchev–Trinajstić information content (AvgIpc) is 3.03. The third kappa shape index (κ3) is 2.58. The molecule has 1 fully saturated rings. The monoisotopic (exact) mass is 255 g/mol. The molecule has 0 aliphatic heterocycles. The van der Waals surface area contributed by atoms with Crippen LogP contribution in [0.4, 0.5) is 5.69 Å². The highest BCUT2D eigenvalue weighted by molar-refractivity contribution is 5.95. The molecule has 2 nitrogen and oxygen atoms in total. The van der Waals surface area contributed by atoms with E-state index in [2.05, 4.69) is 17.5 Å². The SMILES string of the molecule is Cc1ccccc1NC(=O)[C@@H]1[C@H]2/C=C\CCCC[C@H]21. The van der Waals surface area contributed by atoms with E-state index in [-0.39, 0.29) is 11.8 Å². The predicted molar refractivity (Wildman–Crippen MR) is 77.9 cm³/mol. The van der Waals surface area contributed by atoms with Crippen LogP contribution in [-0.2, 0) is 4.79 Å². The van der Waals surface area contributed by atoms with Gasteiger partial charge in [-0.2, -0.15) is 0 Å². The van der Waals surface area contributed by atoms with Crippen molar-refractivity contribution in [2.24, 2.45) is 17.8 Å². The van der Waals surface area contributed by atoms with E-state index in [4.69, 9.17) is 0 Å². The van der Waals surface area contributed by atoms with E-state index in [1.807, 2.05) is 31.2 Å². The molecule has 19 heavy (non-hydrogen) atoms. The Hall–Kier alpha value is -1.57. The molecule has 2 aliphatic carbocycles. The maximum absolute atomic E-state index is 12.4. The van der Waals surface area contributed by atoms with Gasteiger partial charge in [0.05, 0.1) is 0 Å². The molecule has 0 radical (unpaired) electrons. The smallest absolute Gasteiger partial charge is 0.228 e. The molecular weight excluding hydrogens is 234 g/mol. The largest absolute Gasteiger partial charge is 0.326 e. The Balaban J connectivity index is 1.67. The Bertz CT molecular complexity index is 506. The van der Waals surface area contributed by atoms with Crippen molar-refractivity contribution < 1.29 is 4.79 Å². The van der Waals surface area contributed by atoms with Crippen LogP contribution in [0.25, 0.3) is 0 Å². The third-order valence-corrected chi connectivity index (χ3v) is 4.45. The van der Waals surface area contributed by atoms with E-state index in [0.717, 1.165) is 11.3 Å². The van der Waals surface area contributed by atoms with Gasteiger partial charge in [0, 0.05) is 11.6 Å². The minimum atomic E-state index is 0.203. The van der Waals surface area contributed by atoms with Crippen molar-refractivity contribution in [2.45, 2.75) is 32.6 Å². The summed E-state index contributed by atoms with van der Waals surface area (Å²) < 4.78 is 0. The topological polar surface area (TPSA) is 29.1 Å². The number of anilines is 1. The molecule has 0 spiro atoms. The van der Waals surface area contributed by atoms with Gasteiger partial charge in [0.15, 0.2) is 0 Å². The summed E-state index contributed by atoms with van der Waals surface area (Å²) in [5, 5.41) is 3.10. The second kappa shape index (κ2) is 5.20. The summed E-state index contributed by atoms with van der Waals surface area (Å²) in [5.74, 6) is 1.48. The van der Waals surface area contributed by atoms with Crippen molar-refractivity contribution in [3.63, 3.8) is 0 Å². The molecule has 1 aromatic carbocycles. The second-order valence-electron chi connectivity index (χ2n) is 5.78. The number of carbonyl (C=O) groups is 1. The molecule has 2 aliphatic rings. The van der Waals surface area contributed by atoms with Gasteiger partial charge < -0.3 is 5.32 Å². The van der Waals surface area contributed by atoms with Crippen LogP contribution in [0, 0.1) is 24.7 Å². The van der Waals surface area contributed by atoms with Crippen LogP contribution < -0.4 is 5.32 Å². The highest BCUT2D eigenvalue weighted by atomic mass is 16.2. The molecule has 3 atom stereocenters. The van der Waals surface area contributed by atoms with Crippen molar-refractivity contribution in [3.8, 4) is 0 Å². The summed E-state index contributed by atoms with van der Waals surface area (Å²) in [6.45, 7) is 2.03. The van der Waals surface area contributed by atoms with Gasteiger partial charge in [-0.05, 0) is 49.7 Å². The number of nitrogens with one attached hydrogen (secondary N) is 1. The molecule has 1 amide bonds. The molecule has 3 rings (SSSR count). The van der Waals surface area contributed by atoms with E-state index in [0.29, 0.717) is 11.8 Å². The standard InChI is InChI=1S/C17H21NO/c1-12-8-6-7-11-15(12)18-17(19)16-13-9-4-2-3-5-10-14(13)16/h4,6-9,11,13-14,16H,2-3,5,10H2,1H3,(H,18,19)/b9-4-/t13-,14+,16+/m0/s1. The van der Waals surface area contributed by atoms with E-state index in [1.54, 1.807) is 0 Å². The van der Waals surface area contributed by atoms with Crippen LogP contribution >= 0.6 is 0 Å². The summed E-state index contributed by atoms with van der Waals surface area (Å²) in [4.78, 5) is 12.4. The van der Waals surface area contributed by atoms with Crippen molar-refractivity contribution in [2.75, 3.05) is 5.32 Å². The van der Waals surface area contributed by atoms with Crippen LogP contribution in [0.1, 0.15) is 31.2 Å². The van der Waals surface area contributed by atoms with Gasteiger partial charge in [-0.3, -0.25) is 4.79 Å². The van der Waals surface area contributed by atoms with Gasteiger partial charge in [0.2, 0.25) is 5.91 Å². The van der Waals surface area contributed by atoms with E-state index in [9.17, 15) is 4.79 Å². The second-order valence-corrected chi connectivity index (χ2v) is 5.78. The highest BCUT2D eigenvalue weighted by Gasteiger charge is 2.52. The first-order chi connectivity index (χ1) is 9.27. The zero-order valence-electron chi connectivity index (χ0n) is 11.4. The number of carbonyl (C=O) groups excluding carboxylic acids is 1. The number of hydrogen-bond acceptors (Lipinski definition) is 1. The predicted octanol–water partition coefficient (Wildman–Crippen LogP) is 3.93. The fraction of sp³-hybridized carbons (Fsp3) is 0.471. The maximum Gasteiger partial charge on any atom is 0.228 e. The molecule has 0 heterocycles. The van der Waals surface area contributed by atoms with E-state index < -0.39 is 0 Å². The highest BCUT2D eigenvalue weighted by Crippen LogP contribution is 2.51. The van der Waals surface area contributed by atoms with Crippen LogP contribution in [-0.4, -0.2) is 5.91 Å². The lowest BCUT2D eigenvalue weighted by Crippen LogP contribution is -2.16. The van der Waals surface area contributed by atoms with Crippen molar-refractivity contribution in [1.29, 1.82) is 0 Å². The minimum absolute atomic E-state index is 0.203. The number of benzene rings is 1. The van der Waals surface area contributed by atoms with Gasteiger partial charge >= 0.3 is 0 Å². The van der Waals surface area contributed by atoms with Crippen LogP contribution in [0.2, 0.25) is 0 Å². The normalized spacial score (nSPS) is 30.7. The van der Waals surface area contributed by atoms with Crippen LogP contribution in [0.3, 0.4) is 0 Å². The molecule has 1 N–H and O–H groups in total. The van der Waals surface area contributed by atoms with E-state index >= 15 is 0 Å². The number of amides is 1. The molecule has 0 bridgehead atoms. The zero-order valence-corrected chi connectivity index (χ0v) is 11.4. The average molecular weight is 255 g/mol. The first-order valence-electron chi connectivity index (χ1n) is 7.30. The van der Waals surface area contributed by atoms with E-state index in [1.165, 1.54) is 25.7 Å². The summed E-state index contributed by atoms with van der Waals surface area (Å²) in [6.07, 6.45) is 9.45. The molecule has 100 valence electrons. The lowest BCUT2D eigenvalue weighted by Gasteiger charge is -2.07. The number of aryl methyl sites for hydroxylation is 1. The van der Waals surface area contributed by atoms with Gasteiger partial charge in [-0.15, -0.1) is 0 Å². The summed E-state index contributed by atoms with van der Waals surface area (Å²) in [7, 11) is 0. The number of fused-ring (bicyclic) bond motifs is 1. The first-order valence-corrected chi connectivity index (χ1v) is 7.30. The fourth-order valence-electron chi connectivity index (χ4n) is 3.23. The molecule has 1 aromatic rings. The molecule has 0 saturated heterocycles. The van der Waals surface area contributed by atoms with Gasteiger partial charge in [0.25, 0.3) is 0 Å². The first kappa shape index (κ1) is 12.5. The number of para-hydroxylation sites is 1. The lowest BCUT2D eigenvalue weighted by molar-refractivity contribution is -0.117. The fourth-order valence-corrected chi connectivity index (χ4v) is 3.23. The summed E-state index contributed by atoms with van der Waals surface area (Å²) in [6, 6.07) is 7.98. The lowest BCUT2D eigenvalue weighted by atomic mass is 10.1. The Kier molecular flexibility index (Phi) is 3.41. The summed E-state index contributed by atoms with van der Waals surface area (Å²) in [5.41, 5.74) is 2.08. The Morgan fingerprint density at radius 3 is 2.95 bits per heavy atom. The zero-order chi connectivity index (χ0) is 13.2. The Morgan fingerprint density at radius 2 is 2.11 bits per heavy atom. The number of hydrogen-bond donors (Lipinski definition) is 1. The minimum Gasteiger partial charge on any atom is -0.326 e. The van der Waals surface area contributed by atoms with Crippen LogP contribution in [0.15, 0.2) is 36.4 Å². The molecule has 2 heteroatoms. The van der Waals surface area contributed by atoms with Gasteiger partial charge in [-0.1, -0.05) is 36.8 Å². The molecule has 0 aromatic heterocycles. The van der Waals surface area contributed by atoms with Crippen LogP contribution in [0.5, 0.6) is 0 Å². The van der Waals surface area contributed by atoms with Gasteiger partial charge in [0.1, 0.15) is 0 Å². The van der Waals surface area contributed by atoms with Crippen molar-refractivity contribution in [1.82, 2.24) is 0 Å². The quantitative estimate of drug-likeness (QED) is 0.797. The Morgan fingerprint density at radius 1 is 1.26 bits per heavy atom. The third-order valence-electron chi connectivity index (χ3n) is 4.45. The van der Waals surface area contributed by atoms with Crippen molar-refractivity contribution in [3.05, 3.63) is 42.0 Å². The number of allylic oxidation sites excluding steroid dienone is 2. The van der Waals surface area contributed by atoms with Crippen molar-refractivity contribution >= 4 is 11.6 Å². The molecular formula is C17H21NO. The maximum atomic E-state index is 12.4. The number of rotatable bonds is 2. The Labute approximate surface area is 114 Å².